The number of furan rings is 2. The lowest BCUT2D eigenvalue weighted by Crippen LogP contribution is -2.28. The Morgan fingerprint density at radius 2 is 1.19 bits per heavy atom. The zero-order chi connectivity index (χ0) is 38.4. The van der Waals surface area contributed by atoms with Crippen molar-refractivity contribution in [1.29, 1.82) is 5.26 Å². The van der Waals surface area contributed by atoms with Gasteiger partial charge in [0.15, 0.2) is 17.5 Å². The van der Waals surface area contributed by atoms with Crippen molar-refractivity contribution in [2.45, 2.75) is 37.5 Å². The molecule has 2 aliphatic rings. The van der Waals surface area contributed by atoms with Crippen LogP contribution in [-0.4, -0.2) is 15.0 Å². The number of hydrogen-bond donors (Lipinski definition) is 0. The molecule has 7 aromatic carbocycles. The van der Waals surface area contributed by atoms with E-state index in [-0.39, 0.29) is 5.41 Å². The summed E-state index contributed by atoms with van der Waals surface area (Å²) >= 11 is 0. The maximum Gasteiger partial charge on any atom is 0.167 e. The van der Waals surface area contributed by atoms with Gasteiger partial charge in [-0.25, -0.2) is 15.0 Å². The number of aromatic nitrogens is 3. The van der Waals surface area contributed by atoms with Crippen LogP contribution in [0, 0.1) is 11.3 Å². The third-order valence-electron chi connectivity index (χ3n) is 12.6. The molecule has 1 fully saturated rings. The first-order valence-electron chi connectivity index (χ1n) is 20.0. The van der Waals surface area contributed by atoms with E-state index < -0.39 is 0 Å². The van der Waals surface area contributed by atoms with Crippen LogP contribution in [0.25, 0.3) is 100 Å². The standard InChI is InChI=1S/C52H34N4O2/c53-30-31-19-23-42-41(27-31)47-35(14-10-17-43(47)52(42)25-7-2-8-26-52)33-21-24-45-40(28-33)38-15-9-16-39(48(38)58-45)51-55-49(32-11-3-1-4-12-32)54-50(56-51)34-20-22-37-36-13-5-6-18-44(36)57-46(37)29-34/h1,3-6,9-24,27-29H,2,7-8,25-26H2. The molecule has 0 aliphatic heterocycles. The second-order valence-corrected chi connectivity index (χ2v) is 15.7. The van der Waals surface area contributed by atoms with Crippen molar-refractivity contribution >= 4 is 43.9 Å². The monoisotopic (exact) mass is 746 g/mol. The second kappa shape index (κ2) is 12.6. The van der Waals surface area contributed by atoms with E-state index in [4.69, 9.17) is 23.8 Å². The van der Waals surface area contributed by atoms with Gasteiger partial charge in [-0.05, 0) is 94.8 Å². The minimum Gasteiger partial charge on any atom is -0.456 e. The van der Waals surface area contributed by atoms with Gasteiger partial charge in [0.25, 0.3) is 0 Å². The number of para-hydroxylation sites is 2. The summed E-state index contributed by atoms with van der Waals surface area (Å²) in [5.41, 5.74) is 13.9. The van der Waals surface area contributed by atoms with Gasteiger partial charge in [-0.2, -0.15) is 5.26 Å². The molecule has 0 atom stereocenters. The molecule has 10 aromatic rings. The SMILES string of the molecule is N#Cc1ccc2c(c1)-c1c(-c3ccc4oc5c(-c6nc(-c7ccccc7)nc(-c7ccc8c(c7)oc7ccccc78)n6)cccc5c4c3)cccc1C21CCCCC1. The Kier molecular flexibility index (Phi) is 7.12. The van der Waals surface area contributed by atoms with Crippen molar-refractivity contribution in [3.8, 4) is 62.5 Å². The molecule has 1 saturated carbocycles. The van der Waals surface area contributed by atoms with Crippen LogP contribution in [0.3, 0.4) is 0 Å². The first kappa shape index (κ1) is 32.8. The Bertz CT molecular complexity index is 3350. The molecule has 274 valence electrons. The summed E-state index contributed by atoms with van der Waals surface area (Å²) in [5.74, 6) is 1.66. The number of fused-ring (bicyclic) bond motifs is 11. The maximum atomic E-state index is 9.94. The Morgan fingerprint density at radius 1 is 0.466 bits per heavy atom. The minimum absolute atomic E-state index is 0.00589. The van der Waals surface area contributed by atoms with Crippen molar-refractivity contribution in [3.63, 3.8) is 0 Å². The summed E-state index contributed by atoms with van der Waals surface area (Å²) in [6, 6.07) is 52.5. The lowest BCUT2D eigenvalue weighted by Gasteiger charge is -2.36. The van der Waals surface area contributed by atoms with Gasteiger partial charge in [0, 0.05) is 38.1 Å². The second-order valence-electron chi connectivity index (χ2n) is 15.7. The van der Waals surface area contributed by atoms with Gasteiger partial charge < -0.3 is 8.83 Å². The van der Waals surface area contributed by atoms with E-state index in [2.05, 4.69) is 84.9 Å². The zero-order valence-electron chi connectivity index (χ0n) is 31.5. The maximum absolute atomic E-state index is 9.94. The highest BCUT2D eigenvalue weighted by Crippen LogP contribution is 2.58. The molecule has 6 nitrogen and oxygen atoms in total. The number of hydrogen-bond acceptors (Lipinski definition) is 6. The molecule has 58 heavy (non-hydrogen) atoms. The van der Waals surface area contributed by atoms with E-state index in [0.717, 1.165) is 79.0 Å². The van der Waals surface area contributed by atoms with Crippen LogP contribution in [0.4, 0.5) is 0 Å². The smallest absolute Gasteiger partial charge is 0.167 e. The molecule has 2 aliphatic carbocycles. The lowest BCUT2D eigenvalue weighted by atomic mass is 9.67. The Hall–Kier alpha value is -7.36. The third-order valence-corrected chi connectivity index (χ3v) is 12.6. The molecular formula is C52H34N4O2. The summed E-state index contributed by atoms with van der Waals surface area (Å²) in [7, 11) is 0. The van der Waals surface area contributed by atoms with Crippen LogP contribution >= 0.6 is 0 Å². The molecule has 0 unspecified atom stereocenters. The summed E-state index contributed by atoms with van der Waals surface area (Å²) in [6.07, 6.45) is 5.97. The van der Waals surface area contributed by atoms with E-state index in [1.54, 1.807) is 0 Å². The van der Waals surface area contributed by atoms with E-state index in [9.17, 15) is 5.26 Å². The number of benzene rings is 7. The van der Waals surface area contributed by atoms with Gasteiger partial charge >= 0.3 is 0 Å². The van der Waals surface area contributed by atoms with E-state index in [0.29, 0.717) is 23.0 Å². The van der Waals surface area contributed by atoms with Crippen LogP contribution in [-0.2, 0) is 5.41 Å². The molecule has 0 saturated heterocycles. The van der Waals surface area contributed by atoms with Crippen LogP contribution in [0.5, 0.6) is 0 Å². The third kappa shape index (κ3) is 4.86. The van der Waals surface area contributed by atoms with Crippen LogP contribution < -0.4 is 0 Å². The van der Waals surface area contributed by atoms with Crippen LogP contribution in [0.2, 0.25) is 0 Å². The summed E-state index contributed by atoms with van der Waals surface area (Å²) in [6.45, 7) is 0. The lowest BCUT2D eigenvalue weighted by molar-refractivity contribution is 0.353. The normalized spacial score (nSPS) is 14.3. The van der Waals surface area contributed by atoms with E-state index in [1.807, 2.05) is 66.7 Å². The van der Waals surface area contributed by atoms with Crippen LogP contribution in [0.1, 0.15) is 48.8 Å². The predicted octanol–water partition coefficient (Wildman–Crippen LogP) is 13.4. The van der Waals surface area contributed by atoms with Gasteiger partial charge in [0.2, 0.25) is 0 Å². The van der Waals surface area contributed by atoms with Gasteiger partial charge in [-0.15, -0.1) is 0 Å². The quantitative estimate of drug-likeness (QED) is 0.178. The number of nitriles is 1. The van der Waals surface area contributed by atoms with E-state index in [1.165, 1.54) is 47.1 Å². The van der Waals surface area contributed by atoms with Gasteiger partial charge in [-0.3, -0.25) is 0 Å². The number of nitrogens with zero attached hydrogens (tertiary/aromatic N) is 4. The zero-order valence-corrected chi connectivity index (χ0v) is 31.5. The highest BCUT2D eigenvalue weighted by molar-refractivity contribution is 6.11. The van der Waals surface area contributed by atoms with Crippen molar-refractivity contribution in [1.82, 2.24) is 15.0 Å². The van der Waals surface area contributed by atoms with Crippen molar-refractivity contribution < 1.29 is 8.83 Å². The van der Waals surface area contributed by atoms with Crippen molar-refractivity contribution in [3.05, 3.63) is 162 Å². The van der Waals surface area contributed by atoms with Gasteiger partial charge in [-0.1, -0.05) is 116 Å². The average Bonchev–Trinajstić information content (AvgIpc) is 3.94. The predicted molar refractivity (Wildman–Crippen MR) is 230 cm³/mol. The highest BCUT2D eigenvalue weighted by Gasteiger charge is 2.44. The van der Waals surface area contributed by atoms with Crippen molar-refractivity contribution in [2.24, 2.45) is 0 Å². The molecule has 6 heteroatoms. The highest BCUT2D eigenvalue weighted by atomic mass is 16.3. The molecule has 0 amide bonds. The summed E-state index contributed by atoms with van der Waals surface area (Å²) in [4.78, 5) is 15.2. The summed E-state index contributed by atoms with van der Waals surface area (Å²) < 4.78 is 13.0. The van der Waals surface area contributed by atoms with E-state index >= 15 is 0 Å². The molecule has 0 N–H and O–H groups in total. The minimum atomic E-state index is -0.00589. The topological polar surface area (TPSA) is 88.7 Å². The molecule has 1 spiro atoms. The first-order chi connectivity index (χ1) is 28.6. The van der Waals surface area contributed by atoms with Crippen LogP contribution in [0.15, 0.2) is 154 Å². The van der Waals surface area contributed by atoms with Crippen molar-refractivity contribution in [2.75, 3.05) is 0 Å². The molecule has 3 heterocycles. The Labute approximate surface area is 334 Å². The molecule has 12 rings (SSSR count). The fraction of sp³-hybridized carbons (Fsp3) is 0.115. The molecule has 0 radical (unpaired) electrons. The van der Waals surface area contributed by atoms with Gasteiger partial charge in [0.05, 0.1) is 17.2 Å². The fourth-order valence-corrected chi connectivity index (χ4v) is 9.91. The Morgan fingerprint density at radius 3 is 2.07 bits per heavy atom. The largest absolute Gasteiger partial charge is 0.456 e. The molecular weight excluding hydrogens is 713 g/mol. The number of rotatable bonds is 4. The summed E-state index contributed by atoms with van der Waals surface area (Å²) in [5, 5.41) is 14.1. The first-order valence-corrected chi connectivity index (χ1v) is 20.0. The fourth-order valence-electron chi connectivity index (χ4n) is 9.91. The molecule has 3 aromatic heterocycles. The van der Waals surface area contributed by atoms with Gasteiger partial charge in [0.1, 0.15) is 22.3 Å². The Balaban J connectivity index is 1.02. The molecule has 0 bridgehead atoms. The average molecular weight is 747 g/mol.